The van der Waals surface area contributed by atoms with E-state index in [-0.39, 0.29) is 24.0 Å². The molecule has 1 fully saturated rings. The molecule has 1 aromatic carbocycles. The number of hydrogen-bond donors (Lipinski definition) is 2. The van der Waals surface area contributed by atoms with Gasteiger partial charge < -0.3 is 15.4 Å². The highest BCUT2D eigenvalue weighted by Gasteiger charge is 2.30. The summed E-state index contributed by atoms with van der Waals surface area (Å²) in [5.74, 6) is 1.42. The molecule has 2 rings (SSSR count). The maximum absolute atomic E-state index is 12.4. The van der Waals surface area contributed by atoms with Crippen molar-refractivity contribution in [2.24, 2.45) is 11.8 Å². The summed E-state index contributed by atoms with van der Waals surface area (Å²) in [5.41, 5.74) is 1.03. The van der Waals surface area contributed by atoms with Crippen LogP contribution in [0.4, 0.5) is 0 Å². The number of nitrogens with one attached hydrogen (secondary N) is 2. The zero-order chi connectivity index (χ0) is 15.4. The number of para-hydroxylation sites is 1. The number of hydrogen-bond acceptors (Lipinski definition) is 3. The molecule has 1 aromatic rings. The Kier molecular flexibility index (Phi) is 5.23. The molecule has 0 spiro atoms. The molecule has 4 nitrogen and oxygen atoms in total. The highest BCUT2D eigenvalue weighted by atomic mass is 16.5. The van der Waals surface area contributed by atoms with Crippen molar-refractivity contribution in [2.45, 2.75) is 39.8 Å². The number of ether oxygens (including phenoxy) is 1. The van der Waals surface area contributed by atoms with Gasteiger partial charge in [-0.05, 0) is 39.3 Å². The van der Waals surface area contributed by atoms with Crippen molar-refractivity contribution in [2.75, 3.05) is 13.1 Å². The summed E-state index contributed by atoms with van der Waals surface area (Å²) in [6.45, 7) is 9.82. The van der Waals surface area contributed by atoms with Crippen molar-refractivity contribution < 1.29 is 9.53 Å². The molecule has 1 saturated heterocycles. The summed E-state index contributed by atoms with van der Waals surface area (Å²) in [7, 11) is 0. The molecule has 3 atom stereocenters. The molecule has 116 valence electrons. The quantitative estimate of drug-likeness (QED) is 0.876. The number of benzene rings is 1. The lowest BCUT2D eigenvalue weighted by Gasteiger charge is -2.22. The average Bonchev–Trinajstić information content (AvgIpc) is 2.85. The molecule has 1 aliphatic rings. The van der Waals surface area contributed by atoms with Crippen LogP contribution in [0.2, 0.25) is 0 Å². The summed E-state index contributed by atoms with van der Waals surface area (Å²) in [4.78, 5) is 12.4. The molecule has 1 amide bonds. The Labute approximate surface area is 127 Å². The number of rotatable bonds is 5. The maximum Gasteiger partial charge on any atom is 0.225 e. The smallest absolute Gasteiger partial charge is 0.225 e. The zero-order valence-electron chi connectivity index (χ0n) is 13.3. The van der Waals surface area contributed by atoms with E-state index in [1.54, 1.807) is 0 Å². The number of carbonyl (C=O) groups is 1. The van der Waals surface area contributed by atoms with E-state index in [1.807, 2.05) is 45.0 Å². The van der Waals surface area contributed by atoms with E-state index in [9.17, 15) is 4.79 Å². The van der Waals surface area contributed by atoms with Crippen LogP contribution < -0.4 is 15.4 Å². The minimum atomic E-state index is -0.0553. The first-order chi connectivity index (χ1) is 9.99. The first-order valence-electron chi connectivity index (χ1n) is 7.75. The van der Waals surface area contributed by atoms with Crippen LogP contribution in [0.1, 0.15) is 39.3 Å². The van der Waals surface area contributed by atoms with Crippen molar-refractivity contribution in [1.82, 2.24) is 10.6 Å². The van der Waals surface area contributed by atoms with E-state index in [0.717, 1.165) is 24.4 Å². The Bertz CT molecular complexity index is 487. The van der Waals surface area contributed by atoms with E-state index in [4.69, 9.17) is 4.74 Å². The van der Waals surface area contributed by atoms with E-state index < -0.39 is 0 Å². The summed E-state index contributed by atoms with van der Waals surface area (Å²) in [6, 6.07) is 7.85. The monoisotopic (exact) mass is 290 g/mol. The zero-order valence-corrected chi connectivity index (χ0v) is 13.3. The van der Waals surface area contributed by atoms with Gasteiger partial charge >= 0.3 is 0 Å². The molecule has 0 saturated carbocycles. The second kappa shape index (κ2) is 6.94. The van der Waals surface area contributed by atoms with Gasteiger partial charge in [-0.25, -0.2) is 0 Å². The highest BCUT2D eigenvalue weighted by Crippen LogP contribution is 2.26. The Morgan fingerprint density at radius 3 is 2.62 bits per heavy atom. The van der Waals surface area contributed by atoms with Crippen LogP contribution in [0.5, 0.6) is 5.75 Å². The molecule has 3 unspecified atom stereocenters. The van der Waals surface area contributed by atoms with Gasteiger partial charge in [-0.3, -0.25) is 4.79 Å². The fourth-order valence-electron chi connectivity index (χ4n) is 2.76. The van der Waals surface area contributed by atoms with Gasteiger partial charge in [-0.2, -0.15) is 0 Å². The van der Waals surface area contributed by atoms with E-state index in [1.165, 1.54) is 0 Å². The van der Waals surface area contributed by atoms with Crippen molar-refractivity contribution in [3.63, 3.8) is 0 Å². The summed E-state index contributed by atoms with van der Waals surface area (Å²) >= 11 is 0. The van der Waals surface area contributed by atoms with Gasteiger partial charge in [0.1, 0.15) is 5.75 Å². The molecule has 0 aliphatic carbocycles. The van der Waals surface area contributed by atoms with Gasteiger partial charge in [0.05, 0.1) is 18.1 Å². The third kappa shape index (κ3) is 3.97. The summed E-state index contributed by atoms with van der Waals surface area (Å²) in [6.07, 6.45) is 0.119. The van der Waals surface area contributed by atoms with Crippen molar-refractivity contribution >= 4 is 5.91 Å². The van der Waals surface area contributed by atoms with Gasteiger partial charge in [0.2, 0.25) is 5.91 Å². The summed E-state index contributed by atoms with van der Waals surface area (Å²) < 4.78 is 5.83. The summed E-state index contributed by atoms with van der Waals surface area (Å²) in [5, 5.41) is 6.39. The first kappa shape index (κ1) is 15.8. The van der Waals surface area contributed by atoms with Gasteiger partial charge in [0.25, 0.3) is 0 Å². The fourth-order valence-corrected chi connectivity index (χ4v) is 2.76. The standard InChI is InChI=1S/C17H26N2O2/c1-11(2)21-16-8-6-5-7-14(16)13(4)19-17(20)15-10-18-9-12(15)3/h5-8,11-13,15,18H,9-10H2,1-4H3,(H,19,20). The molecule has 1 heterocycles. The molecule has 4 heteroatoms. The van der Waals surface area contributed by atoms with Crippen molar-refractivity contribution in [1.29, 1.82) is 0 Å². The second-order valence-electron chi connectivity index (χ2n) is 6.18. The Morgan fingerprint density at radius 2 is 2.00 bits per heavy atom. The molecule has 2 N–H and O–H groups in total. The van der Waals surface area contributed by atoms with Crippen LogP contribution in [-0.4, -0.2) is 25.1 Å². The lowest BCUT2D eigenvalue weighted by molar-refractivity contribution is -0.126. The third-order valence-corrected chi connectivity index (χ3v) is 3.96. The average molecular weight is 290 g/mol. The Balaban J connectivity index is 2.06. The molecular formula is C17H26N2O2. The van der Waals surface area contributed by atoms with E-state index in [0.29, 0.717) is 5.92 Å². The normalized spacial score (nSPS) is 23.1. The van der Waals surface area contributed by atoms with Gasteiger partial charge in [0.15, 0.2) is 0 Å². The van der Waals surface area contributed by atoms with Crippen molar-refractivity contribution in [3.05, 3.63) is 29.8 Å². The minimum absolute atomic E-state index is 0.0553. The lowest BCUT2D eigenvalue weighted by Crippen LogP contribution is -2.36. The predicted octanol–water partition coefficient (Wildman–Crippen LogP) is 2.51. The minimum Gasteiger partial charge on any atom is -0.491 e. The van der Waals surface area contributed by atoms with Crippen LogP contribution in [-0.2, 0) is 4.79 Å². The molecular weight excluding hydrogens is 264 g/mol. The first-order valence-corrected chi connectivity index (χ1v) is 7.75. The van der Waals surface area contributed by atoms with Crippen LogP contribution >= 0.6 is 0 Å². The number of carbonyl (C=O) groups excluding carboxylic acids is 1. The van der Waals surface area contributed by atoms with Crippen LogP contribution in [0.25, 0.3) is 0 Å². The van der Waals surface area contributed by atoms with Crippen LogP contribution in [0.3, 0.4) is 0 Å². The molecule has 0 aromatic heterocycles. The largest absolute Gasteiger partial charge is 0.491 e. The topological polar surface area (TPSA) is 50.4 Å². The van der Waals surface area contributed by atoms with E-state index >= 15 is 0 Å². The molecule has 0 bridgehead atoms. The van der Waals surface area contributed by atoms with Crippen molar-refractivity contribution in [3.8, 4) is 5.75 Å². The fraction of sp³-hybridized carbons (Fsp3) is 0.588. The van der Waals surface area contributed by atoms with Gasteiger partial charge in [0, 0.05) is 12.1 Å². The Morgan fingerprint density at radius 1 is 1.29 bits per heavy atom. The second-order valence-corrected chi connectivity index (χ2v) is 6.18. The number of amides is 1. The van der Waals surface area contributed by atoms with Crippen LogP contribution in [0, 0.1) is 11.8 Å². The SMILES string of the molecule is CC(C)Oc1ccccc1C(C)NC(=O)C1CNCC1C. The Hall–Kier alpha value is -1.55. The van der Waals surface area contributed by atoms with E-state index in [2.05, 4.69) is 17.6 Å². The van der Waals surface area contributed by atoms with Gasteiger partial charge in [-0.1, -0.05) is 25.1 Å². The maximum atomic E-state index is 12.4. The van der Waals surface area contributed by atoms with Crippen LogP contribution in [0.15, 0.2) is 24.3 Å². The highest BCUT2D eigenvalue weighted by molar-refractivity contribution is 5.80. The predicted molar refractivity (Wildman–Crippen MR) is 84.3 cm³/mol. The molecule has 0 radical (unpaired) electrons. The van der Waals surface area contributed by atoms with Gasteiger partial charge in [-0.15, -0.1) is 0 Å². The third-order valence-electron chi connectivity index (χ3n) is 3.96. The lowest BCUT2D eigenvalue weighted by atomic mass is 9.96. The molecule has 1 aliphatic heterocycles. The molecule has 21 heavy (non-hydrogen) atoms.